The minimum atomic E-state index is -4.79. The first-order valence-electron chi connectivity index (χ1n) is 8.45. The van der Waals surface area contributed by atoms with E-state index in [2.05, 4.69) is 4.74 Å². The Morgan fingerprint density at radius 3 is 2.34 bits per heavy atom. The van der Waals surface area contributed by atoms with Gasteiger partial charge in [0.15, 0.2) is 0 Å². The second-order valence-corrected chi connectivity index (χ2v) is 6.06. The molecule has 0 atom stereocenters. The topological polar surface area (TPSA) is 63.2 Å². The molecule has 0 N–H and O–H groups in total. The van der Waals surface area contributed by atoms with Crippen LogP contribution in [0.5, 0.6) is 5.75 Å². The molecule has 0 fully saturated rings. The molecule has 0 spiro atoms. The maximum absolute atomic E-state index is 12.8. The lowest BCUT2D eigenvalue weighted by Crippen LogP contribution is -2.16. The largest absolute Gasteiger partial charge is 0.573 e. The Kier molecular flexibility index (Phi) is 5.55. The summed E-state index contributed by atoms with van der Waals surface area (Å²) < 4.78 is 46.1. The summed E-state index contributed by atoms with van der Waals surface area (Å²) in [4.78, 5) is 12.8. The van der Waals surface area contributed by atoms with Crippen molar-refractivity contribution in [3.05, 3.63) is 83.1 Å². The van der Waals surface area contributed by atoms with Crippen LogP contribution in [0.2, 0.25) is 0 Å². The summed E-state index contributed by atoms with van der Waals surface area (Å²) >= 11 is 0. The smallest absolute Gasteiger partial charge is 0.461 e. The average Bonchev–Trinajstić information content (AvgIpc) is 3.08. The number of nitriles is 1. The SMILES string of the molecule is Cc1oc(-c2ccccc2)cc1C(=O)/C(C#N)=C/c1ccc(OC(F)(F)F)cc1. The Balaban J connectivity index is 1.86. The van der Waals surface area contributed by atoms with Gasteiger partial charge in [0, 0.05) is 5.56 Å². The average molecular weight is 397 g/mol. The molecule has 0 bridgehead atoms. The molecule has 0 aliphatic heterocycles. The first kappa shape index (κ1) is 20.0. The molecule has 29 heavy (non-hydrogen) atoms. The summed E-state index contributed by atoms with van der Waals surface area (Å²) in [6, 6.07) is 17.4. The summed E-state index contributed by atoms with van der Waals surface area (Å²) in [5, 5.41) is 9.40. The van der Waals surface area contributed by atoms with Gasteiger partial charge < -0.3 is 9.15 Å². The lowest BCUT2D eigenvalue weighted by molar-refractivity contribution is -0.274. The van der Waals surface area contributed by atoms with Gasteiger partial charge in [-0.25, -0.2) is 0 Å². The molecule has 4 nitrogen and oxygen atoms in total. The quantitative estimate of drug-likeness (QED) is 0.303. The predicted octanol–water partition coefficient (Wildman–Crippen LogP) is 5.94. The van der Waals surface area contributed by atoms with Gasteiger partial charge in [0.1, 0.15) is 28.9 Å². The third kappa shape index (κ3) is 4.93. The minimum Gasteiger partial charge on any atom is -0.461 e. The number of ether oxygens (including phenoxy) is 1. The second-order valence-electron chi connectivity index (χ2n) is 6.06. The highest BCUT2D eigenvalue weighted by molar-refractivity contribution is 6.15. The third-order valence-corrected chi connectivity index (χ3v) is 4.01. The van der Waals surface area contributed by atoms with E-state index in [0.29, 0.717) is 17.1 Å². The van der Waals surface area contributed by atoms with Crippen molar-refractivity contribution < 1.29 is 27.1 Å². The molecule has 2 aromatic carbocycles. The summed E-state index contributed by atoms with van der Waals surface area (Å²) in [6.45, 7) is 1.62. The van der Waals surface area contributed by atoms with Gasteiger partial charge in [-0.2, -0.15) is 5.26 Å². The zero-order valence-electron chi connectivity index (χ0n) is 15.2. The Bertz CT molecular complexity index is 1090. The van der Waals surface area contributed by atoms with Crippen LogP contribution >= 0.6 is 0 Å². The molecular formula is C22H14F3NO3. The Hall–Kier alpha value is -3.79. The molecule has 0 saturated carbocycles. The van der Waals surface area contributed by atoms with Gasteiger partial charge in [0.25, 0.3) is 0 Å². The zero-order chi connectivity index (χ0) is 21.0. The fourth-order valence-electron chi connectivity index (χ4n) is 2.68. The summed E-state index contributed by atoms with van der Waals surface area (Å²) in [7, 11) is 0. The number of aryl methyl sites for hydroxylation is 1. The molecule has 0 amide bonds. The highest BCUT2D eigenvalue weighted by atomic mass is 19.4. The van der Waals surface area contributed by atoms with Crippen molar-refractivity contribution in [3.63, 3.8) is 0 Å². The van der Waals surface area contributed by atoms with Crippen LogP contribution in [-0.4, -0.2) is 12.1 Å². The molecule has 0 saturated heterocycles. The van der Waals surface area contributed by atoms with E-state index in [-0.39, 0.29) is 11.1 Å². The molecule has 1 aromatic heterocycles. The number of halogens is 3. The number of carbonyl (C=O) groups excluding carboxylic acids is 1. The zero-order valence-corrected chi connectivity index (χ0v) is 15.2. The molecule has 1 heterocycles. The van der Waals surface area contributed by atoms with Crippen LogP contribution in [0.25, 0.3) is 17.4 Å². The standard InChI is InChI=1S/C22H14F3NO3/c1-14-19(12-20(28-14)16-5-3-2-4-6-16)21(27)17(13-26)11-15-7-9-18(10-8-15)29-22(23,24)25/h2-12H,1H3/b17-11+. The van der Waals surface area contributed by atoms with Crippen LogP contribution in [-0.2, 0) is 0 Å². The number of nitrogens with zero attached hydrogens (tertiary/aromatic N) is 1. The van der Waals surface area contributed by atoms with Gasteiger partial charge in [0.05, 0.1) is 5.56 Å². The van der Waals surface area contributed by atoms with Crippen molar-refractivity contribution in [1.82, 2.24) is 0 Å². The van der Waals surface area contributed by atoms with Crippen molar-refractivity contribution >= 4 is 11.9 Å². The number of ketones is 1. The summed E-state index contributed by atoms with van der Waals surface area (Å²) in [5.74, 6) is -0.0643. The summed E-state index contributed by atoms with van der Waals surface area (Å²) in [6.07, 6.45) is -3.49. The molecule has 0 radical (unpaired) electrons. The number of hydrogen-bond acceptors (Lipinski definition) is 4. The van der Waals surface area contributed by atoms with E-state index in [4.69, 9.17) is 4.42 Å². The van der Waals surface area contributed by atoms with Crippen LogP contribution < -0.4 is 4.74 Å². The van der Waals surface area contributed by atoms with E-state index in [0.717, 1.165) is 17.7 Å². The molecule has 146 valence electrons. The number of carbonyl (C=O) groups is 1. The van der Waals surface area contributed by atoms with Crippen molar-refractivity contribution in [2.24, 2.45) is 0 Å². The van der Waals surface area contributed by atoms with Gasteiger partial charge in [-0.15, -0.1) is 13.2 Å². The van der Waals surface area contributed by atoms with Gasteiger partial charge >= 0.3 is 6.36 Å². The van der Waals surface area contributed by atoms with Gasteiger partial charge in [-0.3, -0.25) is 4.79 Å². The normalized spacial score (nSPS) is 11.8. The highest BCUT2D eigenvalue weighted by Crippen LogP contribution is 2.28. The Morgan fingerprint density at radius 1 is 1.10 bits per heavy atom. The van der Waals surface area contributed by atoms with E-state index in [1.54, 1.807) is 13.0 Å². The second kappa shape index (κ2) is 8.07. The maximum Gasteiger partial charge on any atom is 0.573 e. The van der Waals surface area contributed by atoms with Crippen molar-refractivity contribution in [1.29, 1.82) is 5.26 Å². The fourth-order valence-corrected chi connectivity index (χ4v) is 2.68. The number of benzene rings is 2. The van der Waals surface area contributed by atoms with Crippen LogP contribution in [0.4, 0.5) is 13.2 Å². The summed E-state index contributed by atoms with van der Waals surface area (Å²) in [5.41, 5.74) is 1.25. The maximum atomic E-state index is 12.8. The molecule has 7 heteroatoms. The Morgan fingerprint density at radius 2 is 1.76 bits per heavy atom. The number of alkyl halides is 3. The Labute approximate surface area is 164 Å². The van der Waals surface area contributed by atoms with Crippen LogP contribution in [0, 0.1) is 18.3 Å². The first-order chi connectivity index (χ1) is 13.8. The molecule has 0 unspecified atom stereocenters. The monoisotopic (exact) mass is 397 g/mol. The van der Waals surface area contributed by atoms with Crippen molar-refractivity contribution in [2.45, 2.75) is 13.3 Å². The van der Waals surface area contributed by atoms with Crippen LogP contribution in [0.1, 0.15) is 21.7 Å². The lowest BCUT2D eigenvalue weighted by atomic mass is 10.0. The van der Waals surface area contributed by atoms with Gasteiger partial charge in [0.2, 0.25) is 5.78 Å². The first-order valence-corrected chi connectivity index (χ1v) is 8.45. The number of rotatable bonds is 5. The van der Waals surface area contributed by atoms with Gasteiger partial charge in [-0.1, -0.05) is 42.5 Å². The van der Waals surface area contributed by atoms with Crippen molar-refractivity contribution in [3.8, 4) is 23.1 Å². The highest BCUT2D eigenvalue weighted by Gasteiger charge is 2.31. The molecule has 3 rings (SSSR count). The van der Waals surface area contributed by atoms with E-state index >= 15 is 0 Å². The van der Waals surface area contributed by atoms with Crippen LogP contribution in [0.3, 0.4) is 0 Å². The number of allylic oxidation sites excluding steroid dienone is 1. The molecular weight excluding hydrogens is 383 g/mol. The van der Waals surface area contributed by atoms with Crippen LogP contribution in [0.15, 0.2) is 70.7 Å². The number of furan rings is 1. The van der Waals surface area contributed by atoms with E-state index in [1.807, 2.05) is 36.4 Å². The molecule has 3 aromatic rings. The minimum absolute atomic E-state index is 0.169. The number of Topliss-reactive ketones (excluding diaryl/α,β-unsaturated/α-hetero) is 1. The van der Waals surface area contributed by atoms with Crippen molar-refractivity contribution in [2.75, 3.05) is 0 Å². The number of hydrogen-bond donors (Lipinski definition) is 0. The van der Waals surface area contributed by atoms with E-state index in [9.17, 15) is 23.2 Å². The fraction of sp³-hybridized carbons (Fsp3) is 0.0909. The van der Waals surface area contributed by atoms with Gasteiger partial charge in [-0.05, 0) is 36.8 Å². The molecule has 0 aliphatic carbocycles. The molecule has 0 aliphatic rings. The predicted molar refractivity (Wildman–Crippen MR) is 99.9 cm³/mol. The lowest BCUT2D eigenvalue weighted by Gasteiger charge is -2.08. The van der Waals surface area contributed by atoms with E-state index in [1.165, 1.54) is 18.2 Å². The van der Waals surface area contributed by atoms with E-state index < -0.39 is 17.9 Å². The third-order valence-electron chi connectivity index (χ3n) is 4.01.